The van der Waals surface area contributed by atoms with Crippen molar-refractivity contribution in [3.63, 3.8) is 0 Å². The van der Waals surface area contributed by atoms with Crippen molar-refractivity contribution in [3.8, 4) is 0 Å². The molecule has 0 aliphatic carbocycles. The lowest BCUT2D eigenvalue weighted by atomic mass is 10.0. The summed E-state index contributed by atoms with van der Waals surface area (Å²) in [6.07, 6.45) is 2.17. The number of aliphatic hydroxyl groups excluding tert-OH is 1. The number of anilines is 1. The van der Waals surface area contributed by atoms with E-state index in [0.717, 1.165) is 0 Å². The van der Waals surface area contributed by atoms with Gasteiger partial charge in [-0.3, -0.25) is 14.5 Å². The van der Waals surface area contributed by atoms with Crippen LogP contribution < -0.4 is 20.8 Å². The average molecular weight is 367 g/mol. The Kier molecular flexibility index (Phi) is 4.79. The Morgan fingerprint density at radius 1 is 1.60 bits per heavy atom. The summed E-state index contributed by atoms with van der Waals surface area (Å²) in [6, 6.07) is 0.933. The molecule has 134 valence electrons. The first kappa shape index (κ1) is 17.5. The van der Waals surface area contributed by atoms with Crippen LogP contribution in [0.5, 0.6) is 0 Å². The Bertz CT molecular complexity index is 761. The van der Waals surface area contributed by atoms with E-state index in [4.69, 9.17) is 5.73 Å². The van der Waals surface area contributed by atoms with Crippen LogP contribution in [-0.4, -0.2) is 56.8 Å². The molecule has 1 saturated heterocycles. The largest absolute Gasteiger partial charge is 0.543 e. The minimum absolute atomic E-state index is 0.149. The molecule has 0 spiro atoms. The fourth-order valence-electron chi connectivity index (χ4n) is 3.01. The number of amides is 2. The third-order valence-corrected chi connectivity index (χ3v) is 5.51. The Balaban J connectivity index is 1.94. The SMILES string of the molecule is N[C@@H]1C(=O)N2C(C(=O)[O-])=C(C[n+]3ccc(NC=O)n3CCO)CS[C@H]12. The number of rotatable bonds is 7. The van der Waals surface area contributed by atoms with Crippen molar-refractivity contribution in [2.24, 2.45) is 5.73 Å². The Labute approximate surface area is 146 Å². The number of carbonyl (C=O) groups is 3. The molecule has 0 aromatic carbocycles. The summed E-state index contributed by atoms with van der Waals surface area (Å²) in [5, 5.41) is 22.9. The summed E-state index contributed by atoms with van der Waals surface area (Å²) < 4.78 is 3.26. The number of thioether (sulfide) groups is 1. The van der Waals surface area contributed by atoms with Crippen LogP contribution in [0.2, 0.25) is 0 Å². The molecular weight excluding hydrogens is 350 g/mol. The van der Waals surface area contributed by atoms with Crippen LogP contribution in [0.1, 0.15) is 0 Å². The smallest absolute Gasteiger partial charge is 0.248 e. The van der Waals surface area contributed by atoms with Crippen LogP contribution >= 0.6 is 11.8 Å². The van der Waals surface area contributed by atoms with Gasteiger partial charge >= 0.3 is 0 Å². The van der Waals surface area contributed by atoms with E-state index in [0.29, 0.717) is 23.6 Å². The summed E-state index contributed by atoms with van der Waals surface area (Å²) in [6.45, 7) is 0.216. The van der Waals surface area contributed by atoms with E-state index < -0.39 is 17.9 Å². The van der Waals surface area contributed by atoms with Gasteiger partial charge in [-0.25, -0.2) is 0 Å². The van der Waals surface area contributed by atoms with Gasteiger partial charge in [-0.05, 0) is 0 Å². The van der Waals surface area contributed by atoms with Crippen molar-refractivity contribution < 1.29 is 29.3 Å². The van der Waals surface area contributed by atoms with Crippen LogP contribution in [0.15, 0.2) is 23.5 Å². The molecule has 0 saturated carbocycles. The van der Waals surface area contributed by atoms with Gasteiger partial charge in [-0.2, -0.15) is 0 Å². The zero-order valence-corrected chi connectivity index (χ0v) is 13.9. The Morgan fingerprint density at radius 3 is 3.00 bits per heavy atom. The third kappa shape index (κ3) is 2.90. The van der Waals surface area contributed by atoms with E-state index >= 15 is 0 Å². The van der Waals surface area contributed by atoms with Gasteiger partial charge in [0.25, 0.3) is 0 Å². The molecule has 1 fully saturated rings. The number of hydrogen-bond donors (Lipinski definition) is 3. The number of nitrogens with zero attached hydrogens (tertiary/aromatic N) is 3. The molecule has 10 nitrogen and oxygen atoms in total. The van der Waals surface area contributed by atoms with Crippen LogP contribution in [0.25, 0.3) is 0 Å². The zero-order chi connectivity index (χ0) is 18.1. The van der Waals surface area contributed by atoms with Crippen molar-refractivity contribution >= 4 is 35.9 Å². The highest BCUT2D eigenvalue weighted by atomic mass is 32.2. The predicted molar refractivity (Wildman–Crippen MR) is 84.5 cm³/mol. The number of β-lactam (4-membered cyclic amide) rings is 1. The van der Waals surface area contributed by atoms with E-state index in [1.165, 1.54) is 16.7 Å². The molecule has 3 heterocycles. The highest BCUT2D eigenvalue weighted by Gasteiger charge is 2.50. The van der Waals surface area contributed by atoms with E-state index in [-0.39, 0.29) is 30.8 Å². The number of carboxylic acids is 1. The molecule has 25 heavy (non-hydrogen) atoms. The van der Waals surface area contributed by atoms with Crippen molar-refractivity contribution in [3.05, 3.63) is 23.5 Å². The second kappa shape index (κ2) is 6.86. The molecule has 2 aliphatic heterocycles. The first-order valence-corrected chi connectivity index (χ1v) is 8.58. The standard InChI is InChI=1S/C14H17N5O5S/c15-10-12(22)19-11(14(23)24)8(6-25-13(10)19)5-17-2-1-9(16-7-21)18(17)3-4-20/h1-2,7,10,13,20H,3-6,15H2,(H,23,24)/t10-,13-/m1/s1. The molecule has 4 N–H and O–H groups in total. The minimum Gasteiger partial charge on any atom is -0.543 e. The van der Waals surface area contributed by atoms with Crippen LogP contribution in [0.3, 0.4) is 0 Å². The number of carbonyl (C=O) groups excluding carboxylic acids is 3. The van der Waals surface area contributed by atoms with Crippen molar-refractivity contribution in [2.45, 2.75) is 24.5 Å². The Hall–Kier alpha value is -2.37. The normalized spacial score (nSPS) is 22.5. The topological polar surface area (TPSA) is 145 Å². The fourth-order valence-corrected chi connectivity index (χ4v) is 4.29. The molecule has 0 radical (unpaired) electrons. The second-order valence-electron chi connectivity index (χ2n) is 5.58. The van der Waals surface area contributed by atoms with Crippen LogP contribution in [0.4, 0.5) is 5.82 Å². The molecule has 2 atom stereocenters. The lowest BCUT2D eigenvalue weighted by molar-refractivity contribution is -0.767. The minimum atomic E-state index is -1.42. The summed E-state index contributed by atoms with van der Waals surface area (Å²) in [5.74, 6) is -1.01. The fraction of sp³-hybridized carbons (Fsp3) is 0.429. The maximum absolute atomic E-state index is 11.9. The number of nitrogens with two attached hydrogens (primary N) is 1. The Morgan fingerprint density at radius 2 is 2.36 bits per heavy atom. The highest BCUT2D eigenvalue weighted by molar-refractivity contribution is 8.00. The van der Waals surface area contributed by atoms with E-state index in [9.17, 15) is 24.6 Å². The lowest BCUT2D eigenvalue weighted by Gasteiger charge is -2.49. The monoisotopic (exact) mass is 367 g/mol. The molecule has 1 aromatic heterocycles. The van der Waals surface area contributed by atoms with Crippen molar-refractivity contribution in [1.29, 1.82) is 0 Å². The molecule has 0 unspecified atom stereocenters. The van der Waals surface area contributed by atoms with E-state index in [1.807, 2.05) is 0 Å². The predicted octanol–water partition coefficient (Wildman–Crippen LogP) is -3.42. The summed E-state index contributed by atoms with van der Waals surface area (Å²) in [7, 11) is 0. The van der Waals surface area contributed by atoms with Gasteiger partial charge in [0.2, 0.25) is 12.3 Å². The van der Waals surface area contributed by atoms with Crippen molar-refractivity contribution in [2.75, 3.05) is 17.7 Å². The quantitative estimate of drug-likeness (QED) is 0.259. The zero-order valence-electron chi connectivity index (χ0n) is 13.1. The van der Waals surface area contributed by atoms with Gasteiger partial charge < -0.3 is 26.1 Å². The van der Waals surface area contributed by atoms with Gasteiger partial charge in [0.1, 0.15) is 18.0 Å². The number of aromatic nitrogens is 2. The summed E-state index contributed by atoms with van der Waals surface area (Å²) >= 11 is 1.40. The summed E-state index contributed by atoms with van der Waals surface area (Å²) in [5.41, 5.74) is 6.06. The van der Waals surface area contributed by atoms with Gasteiger partial charge in [0.15, 0.2) is 18.6 Å². The number of aliphatic carboxylic acids is 1. The van der Waals surface area contributed by atoms with Gasteiger partial charge in [0, 0.05) is 11.3 Å². The molecular formula is C14H17N5O5S. The number of aliphatic hydroxyl groups is 1. The maximum Gasteiger partial charge on any atom is 0.248 e. The first-order chi connectivity index (χ1) is 12.0. The maximum atomic E-state index is 11.9. The van der Waals surface area contributed by atoms with Crippen LogP contribution in [0, 0.1) is 0 Å². The molecule has 1 aromatic rings. The molecule has 0 bridgehead atoms. The molecule has 2 amide bonds. The molecule has 11 heteroatoms. The number of hydrogen-bond acceptors (Lipinski definition) is 7. The number of nitrogens with one attached hydrogen (secondary N) is 1. The molecule has 2 aliphatic rings. The van der Waals surface area contributed by atoms with Gasteiger partial charge in [-0.1, -0.05) is 0 Å². The molecule has 3 rings (SSSR count). The van der Waals surface area contributed by atoms with Crippen LogP contribution in [-0.2, 0) is 27.5 Å². The van der Waals surface area contributed by atoms with Gasteiger partial charge in [0.05, 0.1) is 24.3 Å². The lowest BCUT2D eigenvalue weighted by Crippen LogP contribution is -2.69. The van der Waals surface area contributed by atoms with Gasteiger partial charge in [-0.15, -0.1) is 21.1 Å². The first-order valence-electron chi connectivity index (χ1n) is 7.53. The average Bonchev–Trinajstić information content (AvgIpc) is 2.96. The highest BCUT2D eigenvalue weighted by Crippen LogP contribution is 2.39. The third-order valence-electron chi connectivity index (χ3n) is 4.15. The van der Waals surface area contributed by atoms with E-state index in [1.54, 1.807) is 21.6 Å². The number of fused-ring (bicyclic) bond motifs is 1. The number of carboxylic acid groups (broad SMARTS) is 1. The van der Waals surface area contributed by atoms with Crippen molar-refractivity contribution in [1.82, 2.24) is 9.58 Å². The summed E-state index contributed by atoms with van der Waals surface area (Å²) in [4.78, 5) is 35.4. The van der Waals surface area contributed by atoms with E-state index in [2.05, 4.69) is 5.32 Å². The second-order valence-corrected chi connectivity index (χ2v) is 6.69.